The van der Waals surface area contributed by atoms with E-state index < -0.39 is 17.6 Å². The average Bonchev–Trinajstić information content (AvgIpc) is 3.41. The molecule has 3 heterocycles. The number of carbonyl (C=O) groups is 1. The monoisotopic (exact) mass is 538 g/mol. The summed E-state index contributed by atoms with van der Waals surface area (Å²) in [6.45, 7) is 0.880. The number of morpholine rings is 1. The van der Waals surface area contributed by atoms with Crippen LogP contribution in [0.25, 0.3) is 11.1 Å². The van der Waals surface area contributed by atoms with Gasteiger partial charge in [-0.15, -0.1) is 0 Å². The lowest BCUT2D eigenvalue weighted by molar-refractivity contribution is -0.137. The van der Waals surface area contributed by atoms with E-state index in [0.717, 1.165) is 18.2 Å². The summed E-state index contributed by atoms with van der Waals surface area (Å²) >= 11 is 1.33. The standard InChI is InChI=1S/C24H22F4N4O4S/c1-34-20-10-16(14-3-2-4-15(9-14)24(26,27)28)17(25)11-19(20)32-18-5-7-31(12-21(18)35-13-23(32)33)37-30-22-6-8-36-29-22/h2-4,6,8-11,18,21H,5,7,12-13H2,1H3,(H,29,30). The van der Waals surface area contributed by atoms with Crippen LogP contribution in [0.4, 0.5) is 29.1 Å². The Labute approximate surface area is 213 Å². The van der Waals surface area contributed by atoms with Crippen LogP contribution in [0.2, 0.25) is 0 Å². The summed E-state index contributed by atoms with van der Waals surface area (Å²) in [5.41, 5.74) is -0.690. The molecule has 37 heavy (non-hydrogen) atoms. The van der Waals surface area contributed by atoms with Crippen LogP contribution < -0.4 is 14.4 Å². The highest BCUT2D eigenvalue weighted by atomic mass is 32.2. The normalized spacial score (nSPS) is 20.6. The molecule has 0 saturated carbocycles. The van der Waals surface area contributed by atoms with Crippen molar-refractivity contribution in [1.29, 1.82) is 0 Å². The van der Waals surface area contributed by atoms with E-state index in [4.69, 9.17) is 14.0 Å². The third-order valence-corrected chi connectivity index (χ3v) is 7.14. The van der Waals surface area contributed by atoms with Gasteiger partial charge in [-0.1, -0.05) is 17.3 Å². The van der Waals surface area contributed by atoms with Crippen molar-refractivity contribution in [2.75, 3.05) is 36.4 Å². The highest BCUT2D eigenvalue weighted by molar-refractivity contribution is 7.98. The molecule has 0 spiro atoms. The Hall–Kier alpha value is -3.29. The number of benzene rings is 2. The van der Waals surface area contributed by atoms with Gasteiger partial charge in [-0.2, -0.15) is 13.2 Å². The molecule has 0 bridgehead atoms. The Balaban J connectivity index is 1.40. The predicted molar refractivity (Wildman–Crippen MR) is 128 cm³/mol. The van der Waals surface area contributed by atoms with Crippen LogP contribution in [0.5, 0.6) is 5.75 Å². The van der Waals surface area contributed by atoms with Gasteiger partial charge in [0.2, 0.25) is 0 Å². The van der Waals surface area contributed by atoms with Crippen LogP contribution in [0.15, 0.2) is 53.3 Å². The molecule has 1 N–H and O–H groups in total. The third kappa shape index (κ3) is 5.24. The van der Waals surface area contributed by atoms with E-state index >= 15 is 4.39 Å². The summed E-state index contributed by atoms with van der Waals surface area (Å²) in [4.78, 5) is 14.4. The Morgan fingerprint density at radius 3 is 2.78 bits per heavy atom. The van der Waals surface area contributed by atoms with Crippen molar-refractivity contribution in [3.8, 4) is 16.9 Å². The predicted octanol–water partition coefficient (Wildman–Crippen LogP) is 4.99. The van der Waals surface area contributed by atoms with Gasteiger partial charge in [-0.05, 0) is 30.2 Å². The second kappa shape index (κ2) is 10.2. The van der Waals surface area contributed by atoms with Gasteiger partial charge in [0, 0.05) is 42.9 Å². The fraction of sp³-hybridized carbons (Fsp3) is 0.333. The lowest BCUT2D eigenvalue weighted by Gasteiger charge is -2.46. The Morgan fingerprint density at radius 2 is 2.05 bits per heavy atom. The number of fused-ring (bicyclic) bond motifs is 1. The number of hydrogen-bond donors (Lipinski definition) is 1. The van der Waals surface area contributed by atoms with Crippen molar-refractivity contribution in [3.05, 3.63) is 60.1 Å². The summed E-state index contributed by atoms with van der Waals surface area (Å²) in [7, 11) is 1.36. The zero-order valence-corrected chi connectivity index (χ0v) is 20.3. The highest BCUT2D eigenvalue weighted by Gasteiger charge is 2.42. The maximum absolute atomic E-state index is 15.3. The first-order valence-electron chi connectivity index (χ1n) is 11.3. The van der Waals surface area contributed by atoms with Crippen molar-refractivity contribution in [3.63, 3.8) is 0 Å². The van der Waals surface area contributed by atoms with E-state index in [-0.39, 0.29) is 47.2 Å². The maximum atomic E-state index is 15.3. The molecular weight excluding hydrogens is 516 g/mol. The van der Waals surface area contributed by atoms with E-state index in [0.29, 0.717) is 25.3 Å². The molecule has 2 aromatic carbocycles. The van der Waals surface area contributed by atoms with Gasteiger partial charge in [0.25, 0.3) is 5.91 Å². The van der Waals surface area contributed by atoms with Crippen molar-refractivity contribution in [1.82, 2.24) is 9.46 Å². The smallest absolute Gasteiger partial charge is 0.416 e. The van der Waals surface area contributed by atoms with Gasteiger partial charge in [-0.3, -0.25) is 9.52 Å². The lowest BCUT2D eigenvalue weighted by atomic mass is 9.97. The molecule has 0 aliphatic carbocycles. The number of nitrogens with zero attached hydrogens (tertiary/aromatic N) is 3. The number of amides is 1. The molecular formula is C24H22F4N4O4S. The van der Waals surface area contributed by atoms with Gasteiger partial charge < -0.3 is 18.9 Å². The highest BCUT2D eigenvalue weighted by Crippen LogP contribution is 2.41. The number of rotatable bonds is 6. The number of carbonyl (C=O) groups excluding carboxylic acids is 1. The number of ether oxygens (including phenoxy) is 2. The molecule has 1 aromatic heterocycles. The summed E-state index contributed by atoms with van der Waals surface area (Å²) in [6.07, 6.45) is -2.93. The number of hydrogen-bond acceptors (Lipinski definition) is 8. The molecule has 196 valence electrons. The van der Waals surface area contributed by atoms with E-state index in [9.17, 15) is 18.0 Å². The molecule has 13 heteroatoms. The maximum Gasteiger partial charge on any atom is 0.416 e. The lowest BCUT2D eigenvalue weighted by Crippen LogP contribution is -2.60. The fourth-order valence-electron chi connectivity index (χ4n) is 4.52. The van der Waals surface area contributed by atoms with Crippen LogP contribution in [0.3, 0.4) is 0 Å². The van der Waals surface area contributed by atoms with Crippen LogP contribution in [-0.2, 0) is 15.7 Å². The molecule has 2 atom stereocenters. The molecule has 8 nitrogen and oxygen atoms in total. The topological polar surface area (TPSA) is 80.1 Å². The van der Waals surface area contributed by atoms with Crippen LogP contribution >= 0.6 is 12.1 Å². The van der Waals surface area contributed by atoms with E-state index in [1.54, 1.807) is 6.07 Å². The number of alkyl halides is 3. The Kier molecular flexibility index (Phi) is 7.01. The molecule has 1 amide bonds. The SMILES string of the molecule is COc1cc(-c2cccc(C(F)(F)F)c2)c(F)cc1N1C(=O)COC2CN(SNc3ccon3)CCC21. The molecule has 3 aromatic rings. The van der Waals surface area contributed by atoms with E-state index in [1.807, 2.05) is 4.31 Å². The zero-order valence-electron chi connectivity index (χ0n) is 19.5. The van der Waals surface area contributed by atoms with Gasteiger partial charge in [0.15, 0.2) is 5.82 Å². The zero-order chi connectivity index (χ0) is 26.2. The van der Waals surface area contributed by atoms with Crippen molar-refractivity contribution >= 4 is 29.5 Å². The summed E-state index contributed by atoms with van der Waals surface area (Å²) in [6, 6.07) is 8.19. The summed E-state index contributed by atoms with van der Waals surface area (Å²) in [5, 5.41) is 3.79. The second-order valence-electron chi connectivity index (χ2n) is 8.52. The quantitative estimate of drug-likeness (QED) is 0.348. The Bertz CT molecular complexity index is 1270. The second-order valence-corrected chi connectivity index (χ2v) is 9.42. The molecule has 2 saturated heterocycles. The Morgan fingerprint density at radius 1 is 1.22 bits per heavy atom. The number of nitrogens with one attached hydrogen (secondary N) is 1. The number of piperidine rings is 1. The van der Waals surface area contributed by atoms with Crippen molar-refractivity contribution in [2.45, 2.75) is 24.7 Å². The minimum absolute atomic E-state index is 0.0494. The average molecular weight is 539 g/mol. The molecule has 0 radical (unpaired) electrons. The first-order chi connectivity index (χ1) is 17.7. The summed E-state index contributed by atoms with van der Waals surface area (Å²) in [5.74, 6) is -0.384. The van der Waals surface area contributed by atoms with Crippen molar-refractivity contribution < 1.29 is 36.4 Å². The number of halogens is 4. The van der Waals surface area contributed by atoms with Crippen LogP contribution in [0, 0.1) is 5.82 Å². The first kappa shape index (κ1) is 25.4. The molecule has 2 aliphatic rings. The van der Waals surface area contributed by atoms with Crippen LogP contribution in [-0.4, -0.2) is 54.3 Å². The minimum Gasteiger partial charge on any atom is -0.495 e. The number of methoxy groups -OCH3 is 1. The summed E-state index contributed by atoms with van der Waals surface area (Å²) < 4.78 is 76.1. The van der Waals surface area contributed by atoms with Gasteiger partial charge >= 0.3 is 6.18 Å². The molecule has 5 rings (SSSR count). The van der Waals surface area contributed by atoms with Gasteiger partial charge in [0.1, 0.15) is 24.4 Å². The van der Waals surface area contributed by atoms with Gasteiger partial charge in [-0.25, -0.2) is 8.70 Å². The minimum atomic E-state index is -4.57. The van der Waals surface area contributed by atoms with Crippen LogP contribution in [0.1, 0.15) is 12.0 Å². The number of anilines is 2. The third-order valence-electron chi connectivity index (χ3n) is 6.25. The van der Waals surface area contributed by atoms with Crippen molar-refractivity contribution in [2.24, 2.45) is 0 Å². The largest absolute Gasteiger partial charge is 0.495 e. The van der Waals surface area contributed by atoms with E-state index in [1.165, 1.54) is 48.6 Å². The fourth-order valence-corrected chi connectivity index (χ4v) is 5.27. The first-order valence-corrected chi connectivity index (χ1v) is 12.1. The number of aromatic nitrogens is 1. The van der Waals surface area contributed by atoms with Gasteiger partial charge in [0.05, 0.1) is 30.5 Å². The molecule has 2 aliphatic heterocycles. The van der Waals surface area contributed by atoms with E-state index in [2.05, 4.69) is 9.88 Å². The molecule has 2 unspecified atom stereocenters. The molecule has 2 fully saturated rings.